The van der Waals surface area contributed by atoms with Crippen molar-refractivity contribution in [2.45, 2.75) is 17.0 Å². The molecule has 1 atom stereocenters. The maximum atomic E-state index is 13.3. The number of halogens is 1. The van der Waals surface area contributed by atoms with E-state index in [1.807, 2.05) is 47.0 Å². The minimum atomic E-state index is -0.448. The molecule has 7 nitrogen and oxygen atoms in total. The molecule has 0 radical (unpaired) electrons. The number of hydrogen-bond acceptors (Lipinski definition) is 7. The van der Waals surface area contributed by atoms with Gasteiger partial charge in [-0.25, -0.2) is 4.39 Å². The molecule has 0 aliphatic carbocycles. The highest BCUT2D eigenvalue weighted by Crippen LogP contribution is 2.39. The standard InChI is InChI=1S/C25H20FN3O4S/c26-17-7-5-16(6-8-17)15-34-25-28-27-24(23-14-32-19-3-1-2-4-21(19)33-23)29(25)18-9-10-20-22(13-18)31-12-11-30-20/h1-10,13,23H,11-12,14-15H2/t23-/m1/s1. The molecule has 0 saturated heterocycles. The van der Waals surface area contributed by atoms with E-state index >= 15 is 0 Å². The molecule has 1 aromatic heterocycles. The number of rotatable bonds is 5. The fourth-order valence-corrected chi connectivity index (χ4v) is 4.79. The lowest BCUT2D eigenvalue weighted by atomic mass is 10.2. The zero-order chi connectivity index (χ0) is 22.9. The van der Waals surface area contributed by atoms with Crippen molar-refractivity contribution in [3.8, 4) is 28.7 Å². The first-order valence-corrected chi connectivity index (χ1v) is 11.8. The lowest BCUT2D eigenvalue weighted by Crippen LogP contribution is -2.24. The number of benzene rings is 3. The molecule has 0 saturated carbocycles. The van der Waals surface area contributed by atoms with Gasteiger partial charge in [0.1, 0.15) is 25.6 Å². The van der Waals surface area contributed by atoms with E-state index in [-0.39, 0.29) is 5.82 Å². The third-order valence-electron chi connectivity index (χ3n) is 5.52. The van der Waals surface area contributed by atoms with Crippen molar-refractivity contribution in [3.05, 3.63) is 83.9 Å². The number of fused-ring (bicyclic) bond motifs is 2. The van der Waals surface area contributed by atoms with Crippen molar-refractivity contribution < 1.29 is 23.3 Å². The molecule has 3 heterocycles. The Morgan fingerprint density at radius 1 is 0.853 bits per heavy atom. The molecule has 172 valence electrons. The summed E-state index contributed by atoms with van der Waals surface area (Å²) in [5.74, 6) is 3.71. The maximum Gasteiger partial charge on any atom is 0.196 e. The number of ether oxygens (including phenoxy) is 4. The first-order valence-electron chi connectivity index (χ1n) is 10.9. The van der Waals surface area contributed by atoms with Gasteiger partial charge in [0.15, 0.2) is 40.1 Å². The van der Waals surface area contributed by atoms with E-state index in [2.05, 4.69) is 10.2 Å². The van der Waals surface area contributed by atoms with Gasteiger partial charge in [-0.15, -0.1) is 10.2 Å². The molecule has 0 unspecified atom stereocenters. The van der Waals surface area contributed by atoms with E-state index in [1.165, 1.54) is 23.9 Å². The lowest BCUT2D eigenvalue weighted by molar-refractivity contribution is 0.0835. The van der Waals surface area contributed by atoms with Gasteiger partial charge < -0.3 is 18.9 Å². The second kappa shape index (κ2) is 8.90. The largest absolute Gasteiger partial charge is 0.486 e. The number of para-hydroxylation sites is 2. The Morgan fingerprint density at radius 3 is 2.47 bits per heavy atom. The topological polar surface area (TPSA) is 67.6 Å². The van der Waals surface area contributed by atoms with Crippen LogP contribution in [0.25, 0.3) is 5.69 Å². The molecule has 9 heteroatoms. The number of aromatic nitrogens is 3. The summed E-state index contributed by atoms with van der Waals surface area (Å²) in [6.45, 7) is 1.33. The van der Waals surface area contributed by atoms with Crippen molar-refractivity contribution >= 4 is 11.8 Å². The van der Waals surface area contributed by atoms with E-state index in [4.69, 9.17) is 18.9 Å². The molecule has 4 aromatic rings. The second-order valence-electron chi connectivity index (χ2n) is 7.78. The highest BCUT2D eigenvalue weighted by Gasteiger charge is 2.29. The van der Waals surface area contributed by atoms with Crippen LogP contribution in [0.2, 0.25) is 0 Å². The van der Waals surface area contributed by atoms with Crippen molar-refractivity contribution in [3.63, 3.8) is 0 Å². The third-order valence-corrected chi connectivity index (χ3v) is 6.52. The van der Waals surface area contributed by atoms with Crippen LogP contribution in [0, 0.1) is 5.82 Å². The summed E-state index contributed by atoms with van der Waals surface area (Å²) in [6.07, 6.45) is -0.448. The van der Waals surface area contributed by atoms with Crippen molar-refractivity contribution in [2.75, 3.05) is 19.8 Å². The van der Waals surface area contributed by atoms with E-state index < -0.39 is 6.10 Å². The Morgan fingerprint density at radius 2 is 1.62 bits per heavy atom. The summed E-state index contributed by atoms with van der Waals surface area (Å²) in [4.78, 5) is 0. The summed E-state index contributed by atoms with van der Waals surface area (Å²) in [5.41, 5.74) is 1.81. The first kappa shape index (κ1) is 20.9. The number of thioether (sulfide) groups is 1. The van der Waals surface area contributed by atoms with Crippen molar-refractivity contribution in [1.29, 1.82) is 0 Å². The van der Waals surface area contributed by atoms with E-state index in [9.17, 15) is 4.39 Å². The maximum absolute atomic E-state index is 13.3. The van der Waals surface area contributed by atoms with Gasteiger partial charge in [0, 0.05) is 11.8 Å². The minimum Gasteiger partial charge on any atom is -0.486 e. The minimum absolute atomic E-state index is 0.259. The van der Waals surface area contributed by atoms with Crippen LogP contribution in [0.5, 0.6) is 23.0 Å². The van der Waals surface area contributed by atoms with E-state index in [1.54, 1.807) is 12.1 Å². The van der Waals surface area contributed by atoms with Crippen LogP contribution in [0.3, 0.4) is 0 Å². The molecule has 2 aliphatic heterocycles. The first-order chi connectivity index (χ1) is 16.7. The van der Waals surface area contributed by atoms with Gasteiger partial charge in [0.05, 0.1) is 5.69 Å². The second-order valence-corrected chi connectivity index (χ2v) is 8.73. The fraction of sp³-hybridized carbons (Fsp3) is 0.200. The van der Waals surface area contributed by atoms with Gasteiger partial charge in [-0.3, -0.25) is 4.57 Å². The Kier molecular flexibility index (Phi) is 5.46. The average molecular weight is 478 g/mol. The molecule has 3 aromatic carbocycles. The fourth-order valence-electron chi connectivity index (χ4n) is 3.87. The predicted octanol–water partition coefficient (Wildman–Crippen LogP) is 4.98. The SMILES string of the molecule is Fc1ccc(CSc2nnc([C@H]3COc4ccccc4O3)n2-c2ccc3c(c2)OCCO3)cc1. The highest BCUT2D eigenvalue weighted by molar-refractivity contribution is 7.98. The smallest absolute Gasteiger partial charge is 0.196 e. The van der Waals surface area contributed by atoms with Crippen LogP contribution in [-0.4, -0.2) is 34.6 Å². The normalized spacial score (nSPS) is 16.3. The Balaban J connectivity index is 1.36. The van der Waals surface area contributed by atoms with E-state index in [0.717, 1.165) is 11.3 Å². The third kappa shape index (κ3) is 4.03. The summed E-state index contributed by atoms with van der Waals surface area (Å²) < 4.78 is 38.9. The Hall–Kier alpha value is -3.72. The Labute approximate surface area is 199 Å². The van der Waals surface area contributed by atoms with Crippen molar-refractivity contribution in [2.24, 2.45) is 0 Å². The van der Waals surface area contributed by atoms with Gasteiger partial charge in [-0.05, 0) is 42.0 Å². The molecule has 0 spiro atoms. The van der Waals surface area contributed by atoms with Gasteiger partial charge in [0.2, 0.25) is 0 Å². The molecule has 0 bridgehead atoms. The summed E-state index contributed by atoms with van der Waals surface area (Å²) in [5, 5.41) is 9.62. The number of hydrogen-bond donors (Lipinski definition) is 0. The van der Waals surface area contributed by atoms with E-state index in [0.29, 0.717) is 59.6 Å². The monoisotopic (exact) mass is 477 g/mol. The molecular weight excluding hydrogens is 457 g/mol. The summed E-state index contributed by atoms with van der Waals surface area (Å²) in [7, 11) is 0. The average Bonchev–Trinajstić information content (AvgIpc) is 3.32. The molecule has 0 amide bonds. The summed E-state index contributed by atoms with van der Waals surface area (Å²) in [6, 6.07) is 19.7. The van der Waals surface area contributed by atoms with Crippen LogP contribution in [0.4, 0.5) is 4.39 Å². The van der Waals surface area contributed by atoms with Crippen LogP contribution < -0.4 is 18.9 Å². The molecule has 6 rings (SSSR count). The zero-order valence-corrected chi connectivity index (χ0v) is 18.8. The molecular formula is C25H20FN3O4S. The van der Waals surface area contributed by atoms with Crippen LogP contribution in [-0.2, 0) is 5.75 Å². The predicted molar refractivity (Wildman–Crippen MR) is 124 cm³/mol. The van der Waals surface area contributed by atoms with Gasteiger partial charge in [-0.2, -0.15) is 0 Å². The molecule has 0 N–H and O–H groups in total. The quantitative estimate of drug-likeness (QED) is 0.376. The van der Waals surface area contributed by atoms with Crippen LogP contribution >= 0.6 is 11.8 Å². The molecule has 0 fully saturated rings. The van der Waals surface area contributed by atoms with Crippen LogP contribution in [0.1, 0.15) is 17.5 Å². The van der Waals surface area contributed by atoms with Crippen LogP contribution in [0.15, 0.2) is 71.9 Å². The van der Waals surface area contributed by atoms with Gasteiger partial charge in [0.25, 0.3) is 0 Å². The zero-order valence-electron chi connectivity index (χ0n) is 18.0. The highest BCUT2D eigenvalue weighted by atomic mass is 32.2. The molecule has 34 heavy (non-hydrogen) atoms. The number of nitrogens with zero attached hydrogens (tertiary/aromatic N) is 3. The lowest BCUT2D eigenvalue weighted by Gasteiger charge is -2.26. The summed E-state index contributed by atoms with van der Waals surface area (Å²) >= 11 is 1.51. The Bertz CT molecular complexity index is 1330. The van der Waals surface area contributed by atoms with Crippen molar-refractivity contribution in [1.82, 2.24) is 14.8 Å². The molecule has 2 aliphatic rings. The van der Waals surface area contributed by atoms with Gasteiger partial charge in [-0.1, -0.05) is 36.0 Å². The van der Waals surface area contributed by atoms with Gasteiger partial charge >= 0.3 is 0 Å².